The fraction of sp³-hybridized carbons (Fsp3) is 0.909. The summed E-state index contributed by atoms with van der Waals surface area (Å²) >= 11 is 0. The predicted octanol–water partition coefficient (Wildman–Crippen LogP) is 0.662. The molecule has 2 N–H and O–H groups in total. The number of carboxylic acid groups (broad SMARTS) is 1. The third kappa shape index (κ3) is 4.22. The van der Waals surface area contributed by atoms with Gasteiger partial charge in [-0.3, -0.25) is 4.79 Å². The van der Waals surface area contributed by atoms with E-state index in [1.807, 2.05) is 20.8 Å². The van der Waals surface area contributed by atoms with E-state index in [0.717, 1.165) is 6.42 Å². The average molecular weight is 278 g/mol. The molecular weight excluding hydrogens is 256 g/mol. The van der Waals surface area contributed by atoms with E-state index < -0.39 is 22.2 Å². The second kappa shape index (κ2) is 5.99. The van der Waals surface area contributed by atoms with Crippen molar-refractivity contribution in [1.82, 2.24) is 9.03 Å². The van der Waals surface area contributed by atoms with E-state index >= 15 is 0 Å². The number of carbonyl (C=O) groups is 1. The molecule has 1 rings (SSSR count). The van der Waals surface area contributed by atoms with E-state index in [9.17, 15) is 13.2 Å². The second-order valence-electron chi connectivity index (χ2n) is 5.40. The Balaban J connectivity index is 2.70. The first kappa shape index (κ1) is 15.4. The molecule has 7 heteroatoms. The lowest BCUT2D eigenvalue weighted by atomic mass is 10.1. The summed E-state index contributed by atoms with van der Waals surface area (Å²) in [5.41, 5.74) is 0. The maximum Gasteiger partial charge on any atom is 0.321 e. The van der Waals surface area contributed by atoms with Crippen LogP contribution < -0.4 is 4.72 Å². The monoisotopic (exact) mass is 278 g/mol. The molecule has 0 spiro atoms. The highest BCUT2D eigenvalue weighted by atomic mass is 32.2. The van der Waals surface area contributed by atoms with Crippen LogP contribution in [0.1, 0.15) is 33.6 Å². The van der Waals surface area contributed by atoms with Gasteiger partial charge >= 0.3 is 5.97 Å². The van der Waals surface area contributed by atoms with E-state index in [4.69, 9.17) is 5.11 Å². The van der Waals surface area contributed by atoms with Crippen LogP contribution in [0.2, 0.25) is 0 Å². The Labute approximate surface area is 109 Å². The molecule has 1 unspecified atom stereocenters. The molecule has 1 heterocycles. The van der Waals surface area contributed by atoms with Gasteiger partial charge in [0.1, 0.15) is 6.04 Å². The Bertz CT molecular complexity index is 394. The molecule has 0 aliphatic carbocycles. The molecule has 0 aromatic carbocycles. The van der Waals surface area contributed by atoms with Gasteiger partial charge in [0.15, 0.2) is 0 Å². The predicted molar refractivity (Wildman–Crippen MR) is 68.3 cm³/mol. The van der Waals surface area contributed by atoms with Crippen LogP contribution in [-0.4, -0.2) is 42.9 Å². The maximum atomic E-state index is 12.0. The van der Waals surface area contributed by atoms with Crippen molar-refractivity contribution in [1.29, 1.82) is 0 Å². The smallest absolute Gasteiger partial charge is 0.321 e. The fourth-order valence-corrected chi connectivity index (χ4v) is 3.54. The summed E-state index contributed by atoms with van der Waals surface area (Å²) < 4.78 is 27.7. The van der Waals surface area contributed by atoms with Crippen LogP contribution in [0.5, 0.6) is 0 Å². The van der Waals surface area contributed by atoms with E-state index in [1.165, 1.54) is 4.31 Å². The van der Waals surface area contributed by atoms with Crippen LogP contribution >= 0.6 is 0 Å². The van der Waals surface area contributed by atoms with Crippen molar-refractivity contribution in [3.63, 3.8) is 0 Å². The van der Waals surface area contributed by atoms with Crippen molar-refractivity contribution in [2.45, 2.75) is 39.7 Å². The molecule has 18 heavy (non-hydrogen) atoms. The Morgan fingerprint density at radius 3 is 2.50 bits per heavy atom. The largest absolute Gasteiger partial charge is 0.480 e. The Morgan fingerprint density at radius 1 is 1.50 bits per heavy atom. The van der Waals surface area contributed by atoms with Crippen molar-refractivity contribution in [3.05, 3.63) is 0 Å². The average Bonchev–Trinajstić information content (AvgIpc) is 2.63. The highest BCUT2D eigenvalue weighted by Gasteiger charge is 2.33. The van der Waals surface area contributed by atoms with Crippen LogP contribution in [0.25, 0.3) is 0 Å². The summed E-state index contributed by atoms with van der Waals surface area (Å²) in [4.78, 5) is 11.0. The molecule has 1 saturated heterocycles. The van der Waals surface area contributed by atoms with Crippen LogP contribution in [0.15, 0.2) is 0 Å². The third-order valence-electron chi connectivity index (χ3n) is 3.02. The van der Waals surface area contributed by atoms with Crippen molar-refractivity contribution in [2.75, 3.05) is 13.1 Å². The first-order chi connectivity index (χ1) is 8.22. The SMILES string of the molecule is CC(C)C[C@H](NS(=O)(=O)N1CCC(C)C1)C(=O)O. The van der Waals surface area contributed by atoms with Gasteiger partial charge in [0, 0.05) is 13.1 Å². The van der Waals surface area contributed by atoms with Crippen molar-refractivity contribution in [2.24, 2.45) is 11.8 Å². The summed E-state index contributed by atoms with van der Waals surface area (Å²) in [6.07, 6.45) is 1.11. The molecule has 0 aromatic heterocycles. The number of nitrogens with zero attached hydrogens (tertiary/aromatic N) is 1. The topological polar surface area (TPSA) is 86.7 Å². The maximum absolute atomic E-state index is 12.0. The lowest BCUT2D eigenvalue weighted by Crippen LogP contribution is -2.48. The Hall–Kier alpha value is -0.660. The number of aliphatic carboxylic acids is 1. The first-order valence-corrected chi connectivity index (χ1v) is 7.66. The van der Waals surface area contributed by atoms with Gasteiger partial charge in [0.25, 0.3) is 10.2 Å². The zero-order valence-corrected chi connectivity index (χ0v) is 11.9. The second-order valence-corrected chi connectivity index (χ2v) is 7.10. The number of nitrogens with one attached hydrogen (secondary N) is 1. The van der Waals surface area contributed by atoms with Gasteiger partial charge < -0.3 is 5.11 Å². The van der Waals surface area contributed by atoms with Crippen molar-refractivity contribution in [3.8, 4) is 0 Å². The Morgan fingerprint density at radius 2 is 2.11 bits per heavy atom. The molecule has 1 fully saturated rings. The third-order valence-corrected chi connectivity index (χ3v) is 4.62. The molecule has 2 atom stereocenters. The highest BCUT2D eigenvalue weighted by Crippen LogP contribution is 2.18. The summed E-state index contributed by atoms with van der Waals surface area (Å²) in [6.45, 7) is 6.64. The summed E-state index contributed by atoms with van der Waals surface area (Å²) in [6, 6.07) is -1.05. The standard InChI is InChI=1S/C11H22N2O4S/c1-8(2)6-10(11(14)15)12-18(16,17)13-5-4-9(3)7-13/h8-10,12H,4-7H2,1-3H3,(H,14,15)/t9?,10-/m0/s1. The van der Waals surface area contributed by atoms with Crippen LogP contribution in [0, 0.1) is 11.8 Å². The molecule has 1 aliphatic rings. The summed E-state index contributed by atoms with van der Waals surface area (Å²) in [5, 5.41) is 9.03. The summed E-state index contributed by atoms with van der Waals surface area (Å²) in [7, 11) is -3.68. The molecule has 6 nitrogen and oxygen atoms in total. The molecule has 0 aromatic rings. The van der Waals surface area contributed by atoms with Gasteiger partial charge in [-0.1, -0.05) is 20.8 Å². The lowest BCUT2D eigenvalue weighted by molar-refractivity contribution is -0.139. The van der Waals surface area contributed by atoms with Gasteiger partial charge in [-0.15, -0.1) is 0 Å². The minimum atomic E-state index is -3.68. The summed E-state index contributed by atoms with van der Waals surface area (Å²) in [5.74, 6) is -0.680. The highest BCUT2D eigenvalue weighted by molar-refractivity contribution is 7.87. The first-order valence-electron chi connectivity index (χ1n) is 6.22. The quantitative estimate of drug-likeness (QED) is 0.747. The normalized spacial score (nSPS) is 23.4. The number of rotatable bonds is 6. The van der Waals surface area contributed by atoms with E-state index in [0.29, 0.717) is 19.0 Å². The fourth-order valence-electron chi connectivity index (χ4n) is 2.04. The van der Waals surface area contributed by atoms with Gasteiger partial charge in [0.2, 0.25) is 0 Å². The van der Waals surface area contributed by atoms with Crippen molar-refractivity contribution >= 4 is 16.2 Å². The van der Waals surface area contributed by atoms with Gasteiger partial charge in [-0.25, -0.2) is 0 Å². The molecular formula is C11H22N2O4S. The van der Waals surface area contributed by atoms with E-state index in [1.54, 1.807) is 0 Å². The Kier molecular flexibility index (Phi) is 5.12. The lowest BCUT2D eigenvalue weighted by Gasteiger charge is -2.21. The minimum absolute atomic E-state index is 0.117. The molecule has 0 amide bonds. The van der Waals surface area contributed by atoms with Gasteiger partial charge in [0.05, 0.1) is 0 Å². The van der Waals surface area contributed by atoms with Crippen LogP contribution in [-0.2, 0) is 15.0 Å². The van der Waals surface area contributed by atoms with E-state index in [-0.39, 0.29) is 12.3 Å². The zero-order valence-electron chi connectivity index (χ0n) is 11.1. The van der Waals surface area contributed by atoms with Gasteiger partial charge in [-0.2, -0.15) is 17.4 Å². The molecule has 0 bridgehead atoms. The minimum Gasteiger partial charge on any atom is -0.480 e. The molecule has 0 saturated carbocycles. The number of carboxylic acids is 1. The number of hydrogen-bond donors (Lipinski definition) is 2. The number of hydrogen-bond acceptors (Lipinski definition) is 3. The van der Waals surface area contributed by atoms with Crippen LogP contribution in [0.4, 0.5) is 0 Å². The molecule has 1 aliphatic heterocycles. The van der Waals surface area contributed by atoms with Crippen molar-refractivity contribution < 1.29 is 18.3 Å². The molecule has 106 valence electrons. The van der Waals surface area contributed by atoms with Gasteiger partial charge in [-0.05, 0) is 24.7 Å². The zero-order chi connectivity index (χ0) is 13.9. The molecule has 0 radical (unpaired) electrons. The van der Waals surface area contributed by atoms with Crippen LogP contribution in [0.3, 0.4) is 0 Å². The van der Waals surface area contributed by atoms with E-state index in [2.05, 4.69) is 4.72 Å².